The normalized spacial score (nSPS) is 11.9. The molecule has 0 fully saturated rings. The van der Waals surface area contributed by atoms with Crippen molar-refractivity contribution in [1.29, 1.82) is 0 Å². The van der Waals surface area contributed by atoms with Gasteiger partial charge in [-0.2, -0.15) is 0 Å². The zero-order valence-corrected chi connectivity index (χ0v) is 11.4. The molecular weight excluding hydrogens is 224 g/mol. The maximum absolute atomic E-state index is 12.0. The summed E-state index contributed by atoms with van der Waals surface area (Å²) in [4.78, 5) is 12.0. The molecule has 0 spiro atoms. The van der Waals surface area contributed by atoms with Crippen LogP contribution in [0.5, 0.6) is 0 Å². The van der Waals surface area contributed by atoms with Gasteiger partial charge in [-0.05, 0) is 25.5 Å². The first-order chi connectivity index (χ1) is 8.77. The molecule has 0 aliphatic carbocycles. The van der Waals surface area contributed by atoms with Crippen LogP contribution in [0, 0.1) is 0 Å². The van der Waals surface area contributed by atoms with Gasteiger partial charge in [0, 0.05) is 12.2 Å². The molecule has 0 radical (unpaired) electrons. The fourth-order valence-corrected chi connectivity index (χ4v) is 1.90. The number of para-hydroxylation sites is 1. The molecule has 0 aliphatic rings. The molecule has 1 aromatic rings. The Balaban J connectivity index is 2.56. The lowest BCUT2D eigenvalue weighted by Crippen LogP contribution is -2.39. The van der Waals surface area contributed by atoms with Gasteiger partial charge in [0.2, 0.25) is 5.91 Å². The number of benzene rings is 1. The van der Waals surface area contributed by atoms with Gasteiger partial charge in [-0.1, -0.05) is 44.4 Å². The Bertz CT molecular complexity index is 338. The summed E-state index contributed by atoms with van der Waals surface area (Å²) in [5.74, 6) is 0.0949. The van der Waals surface area contributed by atoms with E-state index in [0.29, 0.717) is 6.54 Å². The summed E-state index contributed by atoms with van der Waals surface area (Å²) in [6.07, 6.45) is 4.31. The fourth-order valence-electron chi connectivity index (χ4n) is 1.90. The molecule has 0 saturated carbocycles. The lowest BCUT2D eigenvalue weighted by molar-refractivity contribution is -0.121. The Hall–Kier alpha value is -1.51. The molecule has 3 heteroatoms. The van der Waals surface area contributed by atoms with Crippen LogP contribution in [0.15, 0.2) is 30.3 Å². The van der Waals surface area contributed by atoms with Gasteiger partial charge in [-0.3, -0.25) is 4.79 Å². The quantitative estimate of drug-likeness (QED) is 0.694. The second-order valence-corrected chi connectivity index (χ2v) is 4.45. The van der Waals surface area contributed by atoms with Gasteiger partial charge >= 0.3 is 0 Å². The largest absolute Gasteiger partial charge is 0.374 e. The van der Waals surface area contributed by atoms with Crippen molar-refractivity contribution in [1.82, 2.24) is 5.32 Å². The number of likely N-dealkylation sites (N-methyl/N-ethyl adjacent to an activating group) is 1. The maximum atomic E-state index is 12.0. The average Bonchev–Trinajstić information content (AvgIpc) is 2.39. The SMILES string of the molecule is CCCCCC(Nc1ccccc1)C(=O)NCC. The Labute approximate surface area is 110 Å². The molecular formula is C15H24N2O. The number of hydrogen-bond donors (Lipinski definition) is 2. The van der Waals surface area contributed by atoms with Gasteiger partial charge in [-0.25, -0.2) is 0 Å². The molecule has 1 aromatic carbocycles. The summed E-state index contributed by atoms with van der Waals surface area (Å²) in [5.41, 5.74) is 1.00. The van der Waals surface area contributed by atoms with Crippen molar-refractivity contribution >= 4 is 11.6 Å². The summed E-state index contributed by atoms with van der Waals surface area (Å²) in [6, 6.07) is 9.78. The number of nitrogens with one attached hydrogen (secondary N) is 2. The van der Waals surface area contributed by atoms with E-state index in [1.54, 1.807) is 0 Å². The Morgan fingerprint density at radius 2 is 1.89 bits per heavy atom. The maximum Gasteiger partial charge on any atom is 0.242 e. The summed E-state index contributed by atoms with van der Waals surface area (Å²) in [6.45, 7) is 4.80. The van der Waals surface area contributed by atoms with Gasteiger partial charge in [0.15, 0.2) is 0 Å². The van der Waals surface area contributed by atoms with Crippen LogP contribution in [0.25, 0.3) is 0 Å². The highest BCUT2D eigenvalue weighted by Gasteiger charge is 2.16. The number of anilines is 1. The second-order valence-electron chi connectivity index (χ2n) is 4.45. The molecule has 18 heavy (non-hydrogen) atoms. The average molecular weight is 248 g/mol. The van der Waals surface area contributed by atoms with Crippen LogP contribution in [0.2, 0.25) is 0 Å². The van der Waals surface area contributed by atoms with Gasteiger partial charge < -0.3 is 10.6 Å². The summed E-state index contributed by atoms with van der Waals surface area (Å²) < 4.78 is 0. The monoisotopic (exact) mass is 248 g/mol. The van der Waals surface area contributed by atoms with Gasteiger partial charge in [0.25, 0.3) is 0 Å². The van der Waals surface area contributed by atoms with E-state index in [1.165, 1.54) is 12.8 Å². The van der Waals surface area contributed by atoms with E-state index in [2.05, 4.69) is 17.6 Å². The molecule has 1 amide bonds. The minimum atomic E-state index is -0.126. The van der Waals surface area contributed by atoms with Crippen LogP contribution in [-0.4, -0.2) is 18.5 Å². The molecule has 0 saturated heterocycles. The van der Waals surface area contributed by atoms with E-state index in [1.807, 2.05) is 37.3 Å². The zero-order valence-electron chi connectivity index (χ0n) is 11.4. The third-order valence-corrected chi connectivity index (χ3v) is 2.88. The fraction of sp³-hybridized carbons (Fsp3) is 0.533. The van der Waals surface area contributed by atoms with Crippen LogP contribution in [0.1, 0.15) is 39.5 Å². The summed E-state index contributed by atoms with van der Waals surface area (Å²) >= 11 is 0. The smallest absolute Gasteiger partial charge is 0.242 e. The van der Waals surface area contributed by atoms with Crippen molar-refractivity contribution in [3.63, 3.8) is 0 Å². The summed E-state index contributed by atoms with van der Waals surface area (Å²) in [5, 5.41) is 6.20. The van der Waals surface area contributed by atoms with Crippen molar-refractivity contribution < 1.29 is 4.79 Å². The molecule has 0 aliphatic heterocycles. The first-order valence-electron chi connectivity index (χ1n) is 6.87. The number of carbonyl (C=O) groups is 1. The van der Waals surface area contributed by atoms with Crippen LogP contribution in [-0.2, 0) is 4.79 Å². The minimum Gasteiger partial charge on any atom is -0.374 e. The second kappa shape index (κ2) is 8.56. The number of hydrogen-bond acceptors (Lipinski definition) is 2. The Morgan fingerprint density at radius 1 is 1.17 bits per heavy atom. The lowest BCUT2D eigenvalue weighted by atomic mass is 10.1. The minimum absolute atomic E-state index is 0.0949. The van der Waals surface area contributed by atoms with Gasteiger partial charge in [0.05, 0.1) is 0 Å². The van der Waals surface area contributed by atoms with Crippen LogP contribution < -0.4 is 10.6 Å². The van der Waals surface area contributed by atoms with Crippen molar-refractivity contribution in [3.05, 3.63) is 30.3 Å². The van der Waals surface area contributed by atoms with E-state index in [-0.39, 0.29) is 11.9 Å². The molecule has 0 bridgehead atoms. The van der Waals surface area contributed by atoms with Crippen molar-refractivity contribution in [2.45, 2.75) is 45.6 Å². The lowest BCUT2D eigenvalue weighted by Gasteiger charge is -2.19. The van der Waals surface area contributed by atoms with Crippen LogP contribution in [0.3, 0.4) is 0 Å². The molecule has 0 aromatic heterocycles. The highest BCUT2D eigenvalue weighted by atomic mass is 16.2. The van der Waals surface area contributed by atoms with E-state index < -0.39 is 0 Å². The first-order valence-corrected chi connectivity index (χ1v) is 6.87. The van der Waals surface area contributed by atoms with Crippen molar-refractivity contribution in [2.75, 3.05) is 11.9 Å². The number of unbranched alkanes of at least 4 members (excludes halogenated alkanes) is 2. The Morgan fingerprint density at radius 3 is 2.50 bits per heavy atom. The van der Waals surface area contributed by atoms with Crippen molar-refractivity contribution in [2.24, 2.45) is 0 Å². The standard InChI is InChI=1S/C15H24N2O/c1-3-5-7-12-14(15(18)16-4-2)17-13-10-8-6-9-11-13/h6,8-11,14,17H,3-5,7,12H2,1-2H3,(H,16,18). The van der Waals surface area contributed by atoms with Crippen LogP contribution in [0.4, 0.5) is 5.69 Å². The first kappa shape index (κ1) is 14.6. The topological polar surface area (TPSA) is 41.1 Å². The number of carbonyl (C=O) groups excluding carboxylic acids is 1. The number of rotatable bonds is 8. The van der Waals surface area contributed by atoms with Gasteiger partial charge in [-0.15, -0.1) is 0 Å². The molecule has 1 unspecified atom stereocenters. The van der Waals surface area contributed by atoms with Crippen molar-refractivity contribution in [3.8, 4) is 0 Å². The zero-order chi connectivity index (χ0) is 13.2. The molecule has 2 N–H and O–H groups in total. The predicted octanol–water partition coefficient (Wildman–Crippen LogP) is 3.18. The predicted molar refractivity (Wildman–Crippen MR) is 76.7 cm³/mol. The van der Waals surface area contributed by atoms with E-state index in [9.17, 15) is 4.79 Å². The van der Waals surface area contributed by atoms with E-state index >= 15 is 0 Å². The van der Waals surface area contributed by atoms with Gasteiger partial charge in [0.1, 0.15) is 6.04 Å². The third kappa shape index (κ3) is 5.21. The highest BCUT2D eigenvalue weighted by molar-refractivity contribution is 5.84. The molecule has 1 atom stereocenters. The van der Waals surface area contributed by atoms with E-state index in [4.69, 9.17) is 0 Å². The molecule has 3 nitrogen and oxygen atoms in total. The molecule has 1 rings (SSSR count). The number of amides is 1. The third-order valence-electron chi connectivity index (χ3n) is 2.88. The Kier molecular flexibility index (Phi) is 6.92. The molecule has 100 valence electrons. The van der Waals surface area contributed by atoms with Crippen LogP contribution >= 0.6 is 0 Å². The van der Waals surface area contributed by atoms with E-state index in [0.717, 1.165) is 18.5 Å². The molecule has 0 heterocycles. The highest BCUT2D eigenvalue weighted by Crippen LogP contribution is 2.12. The summed E-state index contributed by atoms with van der Waals surface area (Å²) in [7, 11) is 0.